The molecule has 21 heavy (non-hydrogen) atoms. The molecule has 0 radical (unpaired) electrons. The minimum atomic E-state index is -0.156. The van der Waals surface area contributed by atoms with Gasteiger partial charge in [0, 0.05) is 44.4 Å². The summed E-state index contributed by atoms with van der Waals surface area (Å²) >= 11 is 0. The van der Waals surface area contributed by atoms with E-state index in [1.165, 1.54) is 0 Å². The van der Waals surface area contributed by atoms with E-state index in [0.29, 0.717) is 18.5 Å². The highest BCUT2D eigenvalue weighted by Crippen LogP contribution is 2.11. The SMILES string of the molecule is CC[C@@H](C)NC(=O)CCNC(=O)c1ccc(N(C)C)cc1. The van der Waals surface area contributed by atoms with E-state index in [2.05, 4.69) is 10.6 Å². The number of benzene rings is 1. The van der Waals surface area contributed by atoms with E-state index in [4.69, 9.17) is 0 Å². The van der Waals surface area contributed by atoms with E-state index in [-0.39, 0.29) is 17.9 Å². The van der Waals surface area contributed by atoms with Crippen LogP contribution < -0.4 is 15.5 Å². The van der Waals surface area contributed by atoms with Crippen LogP contribution in [0.5, 0.6) is 0 Å². The molecule has 0 aliphatic carbocycles. The van der Waals surface area contributed by atoms with Crippen molar-refractivity contribution >= 4 is 17.5 Å². The number of nitrogens with one attached hydrogen (secondary N) is 2. The van der Waals surface area contributed by atoms with Crippen LogP contribution in [0, 0.1) is 0 Å². The molecule has 2 N–H and O–H groups in total. The van der Waals surface area contributed by atoms with E-state index in [0.717, 1.165) is 12.1 Å². The molecule has 0 spiro atoms. The summed E-state index contributed by atoms with van der Waals surface area (Å²) in [7, 11) is 3.90. The number of amides is 2. The fourth-order valence-electron chi connectivity index (χ4n) is 1.75. The Balaban J connectivity index is 2.38. The molecule has 0 saturated carbocycles. The summed E-state index contributed by atoms with van der Waals surface area (Å²) in [6.07, 6.45) is 1.20. The lowest BCUT2D eigenvalue weighted by Crippen LogP contribution is -2.35. The second-order valence-electron chi connectivity index (χ2n) is 5.32. The number of rotatable bonds is 7. The number of hydrogen-bond acceptors (Lipinski definition) is 3. The van der Waals surface area contributed by atoms with Gasteiger partial charge < -0.3 is 15.5 Å². The largest absolute Gasteiger partial charge is 0.378 e. The maximum Gasteiger partial charge on any atom is 0.251 e. The van der Waals surface area contributed by atoms with Gasteiger partial charge in [0.1, 0.15) is 0 Å². The van der Waals surface area contributed by atoms with Crippen molar-refractivity contribution in [2.75, 3.05) is 25.5 Å². The minimum Gasteiger partial charge on any atom is -0.378 e. The van der Waals surface area contributed by atoms with Gasteiger partial charge >= 0.3 is 0 Å². The van der Waals surface area contributed by atoms with Gasteiger partial charge in [-0.05, 0) is 37.6 Å². The highest BCUT2D eigenvalue weighted by molar-refractivity contribution is 5.94. The summed E-state index contributed by atoms with van der Waals surface area (Å²) in [6.45, 7) is 4.32. The summed E-state index contributed by atoms with van der Waals surface area (Å²) in [5.41, 5.74) is 1.64. The molecule has 5 nitrogen and oxygen atoms in total. The van der Waals surface area contributed by atoms with Crippen LogP contribution in [0.4, 0.5) is 5.69 Å². The number of carbonyl (C=O) groups is 2. The Kier molecular flexibility index (Phi) is 6.72. The second kappa shape index (κ2) is 8.29. The average Bonchev–Trinajstić information content (AvgIpc) is 2.46. The van der Waals surface area contributed by atoms with Crippen molar-refractivity contribution in [3.8, 4) is 0 Å². The van der Waals surface area contributed by atoms with E-state index >= 15 is 0 Å². The second-order valence-corrected chi connectivity index (χ2v) is 5.32. The van der Waals surface area contributed by atoms with Crippen molar-refractivity contribution < 1.29 is 9.59 Å². The standard InChI is InChI=1S/C16H25N3O2/c1-5-12(2)18-15(20)10-11-17-16(21)13-6-8-14(9-7-13)19(3)4/h6-9,12H,5,10-11H2,1-4H3,(H,17,21)(H,18,20)/t12-/m1/s1. The maximum absolute atomic E-state index is 11.9. The molecule has 1 aromatic rings. The lowest BCUT2D eigenvalue weighted by atomic mass is 10.2. The number of hydrogen-bond donors (Lipinski definition) is 2. The van der Waals surface area contributed by atoms with Crippen LogP contribution in [0.3, 0.4) is 0 Å². The first-order valence-electron chi connectivity index (χ1n) is 7.29. The normalized spacial score (nSPS) is 11.6. The smallest absolute Gasteiger partial charge is 0.251 e. The molecule has 0 fully saturated rings. The first kappa shape index (κ1) is 17.0. The molecule has 0 saturated heterocycles. The predicted molar refractivity (Wildman–Crippen MR) is 85.6 cm³/mol. The van der Waals surface area contributed by atoms with Gasteiger partial charge in [-0.1, -0.05) is 6.92 Å². The fourth-order valence-corrected chi connectivity index (χ4v) is 1.75. The Morgan fingerprint density at radius 2 is 1.81 bits per heavy atom. The Labute approximate surface area is 126 Å². The number of nitrogens with zero attached hydrogens (tertiary/aromatic N) is 1. The van der Waals surface area contributed by atoms with Crippen LogP contribution in [-0.2, 0) is 4.79 Å². The van der Waals surface area contributed by atoms with E-state index in [1.807, 2.05) is 45.0 Å². The van der Waals surface area contributed by atoms with Crippen LogP contribution in [0.2, 0.25) is 0 Å². The minimum absolute atomic E-state index is 0.0346. The molecule has 2 amide bonds. The average molecular weight is 291 g/mol. The molecular formula is C16H25N3O2. The first-order chi connectivity index (χ1) is 9.93. The fraction of sp³-hybridized carbons (Fsp3) is 0.500. The highest BCUT2D eigenvalue weighted by atomic mass is 16.2. The summed E-state index contributed by atoms with van der Waals surface area (Å²) in [5, 5.41) is 5.62. The Bertz CT molecular complexity index is 469. The van der Waals surface area contributed by atoms with Gasteiger partial charge in [0.2, 0.25) is 5.91 Å². The Morgan fingerprint density at radius 3 is 2.33 bits per heavy atom. The first-order valence-corrected chi connectivity index (χ1v) is 7.29. The summed E-state index contributed by atoms with van der Waals surface area (Å²) in [6, 6.07) is 7.52. The Hall–Kier alpha value is -2.04. The van der Waals surface area contributed by atoms with Gasteiger partial charge in [-0.15, -0.1) is 0 Å². The van der Waals surface area contributed by atoms with Crippen molar-refractivity contribution in [2.24, 2.45) is 0 Å². The molecule has 0 unspecified atom stereocenters. The third kappa shape index (κ3) is 5.85. The van der Waals surface area contributed by atoms with Gasteiger partial charge in [0.25, 0.3) is 5.91 Å². The predicted octanol–water partition coefficient (Wildman–Crippen LogP) is 1.79. The van der Waals surface area contributed by atoms with Crippen LogP contribution in [-0.4, -0.2) is 38.5 Å². The molecule has 1 atom stereocenters. The number of carbonyl (C=O) groups excluding carboxylic acids is 2. The van der Waals surface area contributed by atoms with Crippen molar-refractivity contribution in [1.82, 2.24) is 10.6 Å². The van der Waals surface area contributed by atoms with E-state index < -0.39 is 0 Å². The molecule has 1 rings (SSSR count). The van der Waals surface area contributed by atoms with Gasteiger partial charge in [-0.2, -0.15) is 0 Å². The van der Waals surface area contributed by atoms with Crippen LogP contribution >= 0.6 is 0 Å². The van der Waals surface area contributed by atoms with Gasteiger partial charge in [-0.25, -0.2) is 0 Å². The molecule has 0 aromatic heterocycles. The zero-order valence-corrected chi connectivity index (χ0v) is 13.3. The zero-order valence-electron chi connectivity index (χ0n) is 13.3. The van der Waals surface area contributed by atoms with Crippen LogP contribution in [0.1, 0.15) is 37.0 Å². The lowest BCUT2D eigenvalue weighted by molar-refractivity contribution is -0.121. The van der Waals surface area contributed by atoms with E-state index in [9.17, 15) is 9.59 Å². The lowest BCUT2D eigenvalue weighted by Gasteiger charge is -2.13. The summed E-state index contributed by atoms with van der Waals surface area (Å²) in [5.74, 6) is -0.191. The summed E-state index contributed by atoms with van der Waals surface area (Å²) < 4.78 is 0. The molecule has 1 aromatic carbocycles. The highest BCUT2D eigenvalue weighted by Gasteiger charge is 2.08. The van der Waals surface area contributed by atoms with Crippen molar-refractivity contribution in [2.45, 2.75) is 32.7 Å². The molecular weight excluding hydrogens is 266 g/mol. The van der Waals surface area contributed by atoms with Crippen molar-refractivity contribution in [3.05, 3.63) is 29.8 Å². The van der Waals surface area contributed by atoms with Crippen molar-refractivity contribution in [1.29, 1.82) is 0 Å². The molecule has 0 bridgehead atoms. The topological polar surface area (TPSA) is 61.4 Å². The molecule has 5 heteroatoms. The van der Waals surface area contributed by atoms with Gasteiger partial charge in [-0.3, -0.25) is 9.59 Å². The monoisotopic (exact) mass is 291 g/mol. The maximum atomic E-state index is 11.9. The zero-order chi connectivity index (χ0) is 15.8. The third-order valence-electron chi connectivity index (χ3n) is 3.30. The summed E-state index contributed by atoms with van der Waals surface area (Å²) in [4.78, 5) is 25.5. The van der Waals surface area contributed by atoms with Crippen LogP contribution in [0.25, 0.3) is 0 Å². The number of anilines is 1. The third-order valence-corrected chi connectivity index (χ3v) is 3.30. The quantitative estimate of drug-likeness (QED) is 0.805. The molecule has 0 aliphatic rings. The van der Waals surface area contributed by atoms with Crippen molar-refractivity contribution in [3.63, 3.8) is 0 Å². The van der Waals surface area contributed by atoms with E-state index in [1.54, 1.807) is 12.1 Å². The molecule has 0 aliphatic heterocycles. The molecule has 0 heterocycles. The van der Waals surface area contributed by atoms with Gasteiger partial charge in [0.15, 0.2) is 0 Å². The Morgan fingerprint density at radius 1 is 1.19 bits per heavy atom. The van der Waals surface area contributed by atoms with Crippen LogP contribution in [0.15, 0.2) is 24.3 Å². The van der Waals surface area contributed by atoms with Gasteiger partial charge in [0.05, 0.1) is 0 Å². The molecule has 116 valence electrons.